The van der Waals surface area contributed by atoms with Crippen molar-refractivity contribution in [3.63, 3.8) is 0 Å². The van der Waals surface area contributed by atoms with Crippen molar-refractivity contribution in [3.8, 4) is 11.5 Å². The van der Waals surface area contributed by atoms with E-state index in [0.29, 0.717) is 0 Å². The van der Waals surface area contributed by atoms with Crippen LogP contribution in [0.2, 0.25) is 0 Å². The normalized spacial score (nSPS) is 13.5. The SMILES string of the molecule is C=C1c2ccccc2Oc2ccccc2N1C. The minimum Gasteiger partial charge on any atom is -0.454 e. The third kappa shape index (κ3) is 1.49. The molecule has 2 aromatic carbocycles. The first-order chi connectivity index (χ1) is 8.27. The van der Waals surface area contributed by atoms with E-state index in [2.05, 4.69) is 11.5 Å². The number of para-hydroxylation sites is 3. The third-order valence-corrected chi connectivity index (χ3v) is 3.05. The summed E-state index contributed by atoms with van der Waals surface area (Å²) < 4.78 is 5.94. The van der Waals surface area contributed by atoms with Gasteiger partial charge in [-0.15, -0.1) is 0 Å². The highest BCUT2D eigenvalue weighted by Crippen LogP contribution is 2.41. The summed E-state index contributed by atoms with van der Waals surface area (Å²) >= 11 is 0. The average Bonchev–Trinajstić information content (AvgIpc) is 2.48. The first-order valence-electron chi connectivity index (χ1n) is 5.56. The largest absolute Gasteiger partial charge is 0.454 e. The molecule has 0 atom stereocenters. The van der Waals surface area contributed by atoms with E-state index in [1.807, 2.05) is 55.6 Å². The van der Waals surface area contributed by atoms with Crippen LogP contribution in [0.4, 0.5) is 5.69 Å². The Bertz CT molecular complexity index is 589. The van der Waals surface area contributed by atoms with Crippen molar-refractivity contribution in [2.45, 2.75) is 0 Å². The summed E-state index contributed by atoms with van der Waals surface area (Å²) in [5, 5.41) is 0. The Morgan fingerprint density at radius 2 is 1.59 bits per heavy atom. The standard InChI is InChI=1S/C15H13NO/c1-11-12-7-3-5-9-14(12)17-15-10-6-4-8-13(15)16(11)2/h3-10H,1H2,2H3. The summed E-state index contributed by atoms with van der Waals surface area (Å²) in [6.07, 6.45) is 0. The molecule has 0 fully saturated rings. The van der Waals surface area contributed by atoms with Gasteiger partial charge in [-0.2, -0.15) is 0 Å². The fraction of sp³-hybridized carbons (Fsp3) is 0.0667. The van der Waals surface area contributed by atoms with Crippen LogP contribution in [0, 0.1) is 0 Å². The summed E-state index contributed by atoms with van der Waals surface area (Å²) in [5.41, 5.74) is 3.02. The van der Waals surface area contributed by atoms with Crippen molar-refractivity contribution in [2.24, 2.45) is 0 Å². The van der Waals surface area contributed by atoms with Crippen LogP contribution in [-0.2, 0) is 0 Å². The van der Waals surface area contributed by atoms with Gasteiger partial charge < -0.3 is 9.64 Å². The maximum atomic E-state index is 5.94. The number of anilines is 1. The lowest BCUT2D eigenvalue weighted by Crippen LogP contribution is -2.13. The molecule has 0 N–H and O–H groups in total. The van der Waals surface area contributed by atoms with E-state index in [9.17, 15) is 0 Å². The van der Waals surface area contributed by atoms with Gasteiger partial charge in [0.1, 0.15) is 5.75 Å². The molecule has 2 heteroatoms. The van der Waals surface area contributed by atoms with Crippen LogP contribution in [-0.4, -0.2) is 7.05 Å². The van der Waals surface area contributed by atoms with Gasteiger partial charge in [0.05, 0.1) is 5.69 Å². The molecule has 3 rings (SSSR count). The molecule has 0 aromatic heterocycles. The van der Waals surface area contributed by atoms with Crippen molar-refractivity contribution in [3.05, 3.63) is 60.7 Å². The quantitative estimate of drug-likeness (QED) is 0.671. The number of hydrogen-bond donors (Lipinski definition) is 0. The smallest absolute Gasteiger partial charge is 0.151 e. The van der Waals surface area contributed by atoms with Crippen LogP contribution < -0.4 is 9.64 Å². The van der Waals surface area contributed by atoms with Gasteiger partial charge >= 0.3 is 0 Å². The second kappa shape index (κ2) is 3.67. The number of benzene rings is 2. The molecular formula is C15H13NO. The Hall–Kier alpha value is -2.22. The van der Waals surface area contributed by atoms with E-state index < -0.39 is 0 Å². The third-order valence-electron chi connectivity index (χ3n) is 3.05. The summed E-state index contributed by atoms with van der Waals surface area (Å²) in [4.78, 5) is 2.06. The van der Waals surface area contributed by atoms with Gasteiger partial charge in [-0.3, -0.25) is 0 Å². The predicted molar refractivity (Wildman–Crippen MR) is 70.4 cm³/mol. The molecule has 2 nitrogen and oxygen atoms in total. The van der Waals surface area contributed by atoms with E-state index in [4.69, 9.17) is 4.74 Å². The van der Waals surface area contributed by atoms with Crippen molar-refractivity contribution in [2.75, 3.05) is 11.9 Å². The van der Waals surface area contributed by atoms with Crippen LogP contribution in [0.15, 0.2) is 55.1 Å². The van der Waals surface area contributed by atoms with Gasteiger partial charge in [-0.25, -0.2) is 0 Å². The molecule has 0 amide bonds. The molecule has 0 spiro atoms. The van der Waals surface area contributed by atoms with E-state index in [1.54, 1.807) is 0 Å². The lowest BCUT2D eigenvalue weighted by molar-refractivity contribution is 0.485. The van der Waals surface area contributed by atoms with Crippen LogP contribution >= 0.6 is 0 Å². The molecule has 0 unspecified atom stereocenters. The van der Waals surface area contributed by atoms with E-state index in [-0.39, 0.29) is 0 Å². The van der Waals surface area contributed by atoms with E-state index >= 15 is 0 Å². The molecule has 0 saturated heterocycles. The molecule has 84 valence electrons. The highest BCUT2D eigenvalue weighted by Gasteiger charge is 2.20. The molecule has 0 radical (unpaired) electrons. The Labute approximate surface area is 101 Å². The molecule has 1 aliphatic rings. The first kappa shape index (κ1) is 9.97. The number of nitrogens with zero attached hydrogens (tertiary/aromatic N) is 1. The van der Waals surface area contributed by atoms with Gasteiger partial charge in [0.2, 0.25) is 0 Å². The average molecular weight is 223 g/mol. The van der Waals surface area contributed by atoms with Crippen LogP contribution in [0.1, 0.15) is 5.56 Å². The van der Waals surface area contributed by atoms with Crippen molar-refractivity contribution in [1.29, 1.82) is 0 Å². The summed E-state index contributed by atoms with van der Waals surface area (Å²) in [6, 6.07) is 16.0. The second-order valence-electron chi connectivity index (χ2n) is 4.07. The van der Waals surface area contributed by atoms with Crippen LogP contribution in [0.3, 0.4) is 0 Å². The van der Waals surface area contributed by atoms with Gasteiger partial charge in [-0.05, 0) is 24.3 Å². The fourth-order valence-electron chi connectivity index (χ4n) is 2.06. The van der Waals surface area contributed by atoms with Crippen LogP contribution in [0.5, 0.6) is 11.5 Å². The second-order valence-corrected chi connectivity index (χ2v) is 4.07. The minimum absolute atomic E-state index is 0.856. The molecule has 0 bridgehead atoms. The predicted octanol–water partition coefficient (Wildman–Crippen LogP) is 3.90. The molecule has 2 aromatic rings. The summed E-state index contributed by atoms with van der Waals surface area (Å²) in [6.45, 7) is 4.14. The van der Waals surface area contributed by atoms with Crippen molar-refractivity contribution >= 4 is 11.4 Å². The number of hydrogen-bond acceptors (Lipinski definition) is 2. The molecule has 0 saturated carbocycles. The molecule has 0 aliphatic carbocycles. The van der Waals surface area contributed by atoms with Gasteiger partial charge in [-0.1, -0.05) is 30.8 Å². The molecule has 1 aliphatic heterocycles. The topological polar surface area (TPSA) is 12.5 Å². The number of ether oxygens (including phenoxy) is 1. The van der Waals surface area contributed by atoms with Gasteiger partial charge in [0.25, 0.3) is 0 Å². The highest BCUT2D eigenvalue weighted by atomic mass is 16.5. The monoisotopic (exact) mass is 223 g/mol. The molecular weight excluding hydrogens is 210 g/mol. The van der Waals surface area contributed by atoms with Crippen LogP contribution in [0.25, 0.3) is 5.70 Å². The zero-order valence-corrected chi connectivity index (χ0v) is 9.68. The highest BCUT2D eigenvalue weighted by molar-refractivity contribution is 5.84. The van der Waals surface area contributed by atoms with E-state index in [1.165, 1.54) is 0 Å². The number of rotatable bonds is 0. The zero-order valence-electron chi connectivity index (χ0n) is 9.68. The lowest BCUT2D eigenvalue weighted by atomic mass is 10.1. The maximum Gasteiger partial charge on any atom is 0.151 e. The van der Waals surface area contributed by atoms with Crippen molar-refractivity contribution < 1.29 is 4.74 Å². The Kier molecular flexibility index (Phi) is 2.15. The summed E-state index contributed by atoms with van der Waals surface area (Å²) in [7, 11) is 2.01. The zero-order chi connectivity index (χ0) is 11.8. The Balaban J connectivity index is 2.24. The maximum absolute atomic E-state index is 5.94. The van der Waals surface area contributed by atoms with E-state index in [0.717, 1.165) is 28.4 Å². The fourth-order valence-corrected chi connectivity index (χ4v) is 2.06. The summed E-state index contributed by atoms with van der Waals surface area (Å²) in [5.74, 6) is 1.72. The Morgan fingerprint density at radius 1 is 0.941 bits per heavy atom. The van der Waals surface area contributed by atoms with Gasteiger partial charge in [0.15, 0.2) is 5.75 Å². The molecule has 17 heavy (non-hydrogen) atoms. The first-order valence-corrected chi connectivity index (χ1v) is 5.56. The lowest BCUT2D eigenvalue weighted by Gasteiger charge is -2.20. The Morgan fingerprint density at radius 3 is 2.41 bits per heavy atom. The van der Waals surface area contributed by atoms with Crippen molar-refractivity contribution in [1.82, 2.24) is 0 Å². The van der Waals surface area contributed by atoms with Gasteiger partial charge in [0, 0.05) is 18.3 Å². The molecule has 1 heterocycles. The minimum atomic E-state index is 0.856. The number of fused-ring (bicyclic) bond motifs is 2.